The molecule has 0 aromatic carbocycles. The monoisotopic (exact) mass is 164 g/mol. The fourth-order valence-electron chi connectivity index (χ4n) is 0.555. The maximum Gasteiger partial charge on any atom is 0.00731 e. The molecule has 0 amide bonds. The van der Waals surface area contributed by atoms with Gasteiger partial charge in [-0.05, 0) is 17.6 Å². The highest BCUT2D eigenvalue weighted by Gasteiger charge is 2.19. The fraction of sp³-hybridized carbons (Fsp3) is 1.00. The molecule has 0 saturated heterocycles. The fourth-order valence-corrected chi connectivity index (χ4v) is 1.15. The van der Waals surface area contributed by atoms with Crippen LogP contribution in [-0.4, -0.2) is 11.0 Å². The maximum atomic E-state index is 4.44. The van der Waals surface area contributed by atoms with Gasteiger partial charge in [-0.25, -0.2) is 0 Å². The molecule has 0 nitrogen and oxygen atoms in total. The highest BCUT2D eigenvalue weighted by Crippen LogP contribution is 2.26. The molecule has 0 heterocycles. The normalized spacial score (nSPS) is 15.7. The smallest absolute Gasteiger partial charge is 0.00731 e. The van der Waals surface area contributed by atoms with Crippen molar-refractivity contribution >= 4 is 25.3 Å². The molecule has 0 aliphatic rings. The van der Waals surface area contributed by atoms with Gasteiger partial charge in [-0.15, -0.1) is 0 Å². The summed E-state index contributed by atoms with van der Waals surface area (Å²) in [6.07, 6.45) is 1.09. The summed E-state index contributed by atoms with van der Waals surface area (Å²) < 4.78 is 0. The van der Waals surface area contributed by atoms with Crippen LogP contribution in [0.3, 0.4) is 0 Å². The zero-order valence-electron chi connectivity index (χ0n) is 6.39. The molecule has 0 rings (SSSR count). The van der Waals surface area contributed by atoms with Crippen LogP contribution in [0.2, 0.25) is 0 Å². The lowest BCUT2D eigenvalue weighted by molar-refractivity contribution is 0.391. The van der Waals surface area contributed by atoms with Crippen molar-refractivity contribution in [3.63, 3.8) is 0 Å². The van der Waals surface area contributed by atoms with Gasteiger partial charge in [-0.2, -0.15) is 25.3 Å². The van der Waals surface area contributed by atoms with Crippen LogP contribution >= 0.6 is 25.3 Å². The van der Waals surface area contributed by atoms with Gasteiger partial charge in [0, 0.05) is 5.25 Å². The minimum Gasteiger partial charge on any atom is -0.179 e. The summed E-state index contributed by atoms with van der Waals surface area (Å²) in [7, 11) is 0. The standard InChI is InChI=1S/C7H16S2/c1-7(2,3)6(9)4-5-8/h6,8-9H,4-5H2,1-3H3. The molecule has 9 heavy (non-hydrogen) atoms. The lowest BCUT2D eigenvalue weighted by Crippen LogP contribution is -2.20. The van der Waals surface area contributed by atoms with Gasteiger partial charge >= 0.3 is 0 Å². The van der Waals surface area contributed by atoms with E-state index in [1.807, 2.05) is 0 Å². The Morgan fingerprint density at radius 1 is 1.33 bits per heavy atom. The molecule has 56 valence electrons. The Labute approximate surface area is 69.2 Å². The first-order valence-electron chi connectivity index (χ1n) is 3.27. The summed E-state index contributed by atoms with van der Waals surface area (Å²) >= 11 is 8.58. The van der Waals surface area contributed by atoms with Crippen LogP contribution in [0.4, 0.5) is 0 Å². The Hall–Kier alpha value is 0.700. The predicted molar refractivity (Wildman–Crippen MR) is 50.7 cm³/mol. The molecule has 0 spiro atoms. The zero-order chi connectivity index (χ0) is 7.49. The van der Waals surface area contributed by atoms with Gasteiger partial charge in [0.2, 0.25) is 0 Å². The average molecular weight is 164 g/mol. The van der Waals surface area contributed by atoms with Crippen molar-refractivity contribution < 1.29 is 0 Å². The number of thiol groups is 2. The van der Waals surface area contributed by atoms with E-state index in [4.69, 9.17) is 0 Å². The van der Waals surface area contributed by atoms with Crippen molar-refractivity contribution in [1.82, 2.24) is 0 Å². The van der Waals surface area contributed by atoms with Crippen molar-refractivity contribution in [2.75, 3.05) is 5.75 Å². The van der Waals surface area contributed by atoms with E-state index in [2.05, 4.69) is 46.0 Å². The molecule has 2 heteroatoms. The van der Waals surface area contributed by atoms with Crippen molar-refractivity contribution in [2.45, 2.75) is 32.4 Å². The van der Waals surface area contributed by atoms with Gasteiger partial charge in [0.15, 0.2) is 0 Å². The molecule has 0 aliphatic heterocycles. The third-order valence-corrected chi connectivity index (χ3v) is 2.69. The van der Waals surface area contributed by atoms with E-state index in [1.165, 1.54) is 0 Å². The quantitative estimate of drug-likeness (QED) is 0.576. The molecular weight excluding hydrogens is 148 g/mol. The van der Waals surface area contributed by atoms with E-state index in [0.717, 1.165) is 12.2 Å². The highest BCUT2D eigenvalue weighted by atomic mass is 32.1. The molecule has 1 atom stereocenters. The average Bonchev–Trinajstić information content (AvgIpc) is 1.64. The molecule has 0 fully saturated rings. The largest absolute Gasteiger partial charge is 0.179 e. The van der Waals surface area contributed by atoms with E-state index in [-0.39, 0.29) is 0 Å². The Kier molecular flexibility index (Phi) is 4.06. The second-order valence-corrected chi connectivity index (χ2v) is 4.46. The summed E-state index contributed by atoms with van der Waals surface area (Å²) in [4.78, 5) is 0. The molecular formula is C7H16S2. The lowest BCUT2D eigenvalue weighted by Gasteiger charge is -2.25. The zero-order valence-corrected chi connectivity index (χ0v) is 8.17. The molecule has 0 saturated carbocycles. The Morgan fingerprint density at radius 3 is 1.89 bits per heavy atom. The van der Waals surface area contributed by atoms with Crippen LogP contribution in [-0.2, 0) is 0 Å². The van der Waals surface area contributed by atoms with E-state index in [9.17, 15) is 0 Å². The van der Waals surface area contributed by atoms with Crippen LogP contribution in [0.5, 0.6) is 0 Å². The van der Waals surface area contributed by atoms with Crippen LogP contribution in [0, 0.1) is 5.41 Å². The Morgan fingerprint density at radius 2 is 1.78 bits per heavy atom. The van der Waals surface area contributed by atoms with Gasteiger partial charge in [-0.3, -0.25) is 0 Å². The van der Waals surface area contributed by atoms with E-state index in [1.54, 1.807) is 0 Å². The second-order valence-electron chi connectivity index (χ2n) is 3.39. The SMILES string of the molecule is CC(C)(C)C(S)CCS. The van der Waals surface area contributed by atoms with E-state index in [0.29, 0.717) is 10.7 Å². The molecule has 0 aromatic rings. The number of rotatable bonds is 2. The van der Waals surface area contributed by atoms with Gasteiger partial charge in [0.1, 0.15) is 0 Å². The third-order valence-electron chi connectivity index (χ3n) is 1.40. The lowest BCUT2D eigenvalue weighted by atomic mass is 9.90. The van der Waals surface area contributed by atoms with Crippen LogP contribution in [0.25, 0.3) is 0 Å². The topological polar surface area (TPSA) is 0 Å². The first-order valence-corrected chi connectivity index (χ1v) is 4.42. The summed E-state index contributed by atoms with van der Waals surface area (Å²) in [6, 6.07) is 0. The molecule has 0 N–H and O–H groups in total. The first-order chi connectivity index (χ1) is 3.98. The van der Waals surface area contributed by atoms with Crippen LogP contribution in [0.1, 0.15) is 27.2 Å². The summed E-state index contributed by atoms with van der Waals surface area (Å²) in [5.74, 6) is 0.936. The summed E-state index contributed by atoms with van der Waals surface area (Å²) in [5.41, 5.74) is 0.325. The highest BCUT2D eigenvalue weighted by molar-refractivity contribution is 7.81. The van der Waals surface area contributed by atoms with Crippen molar-refractivity contribution in [2.24, 2.45) is 5.41 Å². The van der Waals surface area contributed by atoms with E-state index < -0.39 is 0 Å². The molecule has 0 aromatic heterocycles. The second kappa shape index (κ2) is 3.77. The minimum atomic E-state index is 0.325. The van der Waals surface area contributed by atoms with Crippen LogP contribution in [0.15, 0.2) is 0 Å². The summed E-state index contributed by atoms with van der Waals surface area (Å²) in [6.45, 7) is 6.61. The van der Waals surface area contributed by atoms with Gasteiger partial charge in [0.05, 0.1) is 0 Å². The molecule has 1 unspecified atom stereocenters. The third kappa shape index (κ3) is 4.15. The van der Waals surface area contributed by atoms with E-state index >= 15 is 0 Å². The van der Waals surface area contributed by atoms with Crippen LogP contribution < -0.4 is 0 Å². The number of hydrogen-bond acceptors (Lipinski definition) is 2. The molecule has 0 radical (unpaired) electrons. The van der Waals surface area contributed by atoms with Crippen molar-refractivity contribution in [1.29, 1.82) is 0 Å². The van der Waals surface area contributed by atoms with Crippen molar-refractivity contribution in [3.05, 3.63) is 0 Å². The Balaban J connectivity index is 3.59. The molecule has 0 bridgehead atoms. The van der Waals surface area contributed by atoms with Gasteiger partial charge in [0.25, 0.3) is 0 Å². The number of hydrogen-bond donors (Lipinski definition) is 2. The minimum absolute atomic E-state index is 0.325. The van der Waals surface area contributed by atoms with Gasteiger partial charge in [-0.1, -0.05) is 20.8 Å². The Bertz CT molecular complexity index is 73.5. The molecule has 0 aliphatic carbocycles. The first kappa shape index (κ1) is 9.70. The van der Waals surface area contributed by atoms with Crippen molar-refractivity contribution in [3.8, 4) is 0 Å². The maximum absolute atomic E-state index is 4.44. The predicted octanol–water partition coefficient (Wildman–Crippen LogP) is 2.65. The van der Waals surface area contributed by atoms with Gasteiger partial charge < -0.3 is 0 Å². The summed E-state index contributed by atoms with van der Waals surface area (Å²) in [5, 5.41) is 0.481.